The fourth-order valence-electron chi connectivity index (χ4n) is 2.53. The molecule has 0 fully saturated rings. The summed E-state index contributed by atoms with van der Waals surface area (Å²) in [7, 11) is -2.83. The van der Waals surface area contributed by atoms with Crippen LogP contribution in [0.15, 0.2) is 57.9 Å². The Labute approximate surface area is 156 Å². The molecule has 0 radical (unpaired) electrons. The zero-order chi connectivity index (χ0) is 19.4. The van der Waals surface area contributed by atoms with Crippen molar-refractivity contribution in [2.75, 3.05) is 11.8 Å². The summed E-state index contributed by atoms with van der Waals surface area (Å²) in [5, 5.41) is 3.73. The number of nitrogens with zero attached hydrogens (tertiary/aromatic N) is 2. The van der Waals surface area contributed by atoms with Gasteiger partial charge in [-0.2, -0.15) is 4.98 Å². The van der Waals surface area contributed by atoms with Crippen molar-refractivity contribution in [2.24, 2.45) is 0 Å². The van der Waals surface area contributed by atoms with Gasteiger partial charge in [0.2, 0.25) is 5.89 Å². The van der Waals surface area contributed by atoms with Crippen molar-refractivity contribution in [3.05, 3.63) is 71.4 Å². The summed E-state index contributed by atoms with van der Waals surface area (Å²) < 4.78 is 38.1. The Balaban J connectivity index is 1.95. The van der Waals surface area contributed by atoms with E-state index in [-0.39, 0.29) is 16.9 Å². The van der Waals surface area contributed by atoms with Gasteiger partial charge < -0.3 is 9.26 Å². The molecule has 0 saturated carbocycles. The maximum absolute atomic E-state index is 12.9. The number of methoxy groups -OCH3 is 1. The number of esters is 1. The van der Waals surface area contributed by atoms with Gasteiger partial charge in [-0.3, -0.25) is 4.72 Å². The first kappa shape index (κ1) is 18.6. The maximum atomic E-state index is 12.9. The highest BCUT2D eigenvalue weighted by Gasteiger charge is 2.23. The third-order valence-corrected chi connectivity index (χ3v) is 5.18. The van der Waals surface area contributed by atoms with Crippen LogP contribution in [0, 0.1) is 6.92 Å². The first-order valence-corrected chi connectivity index (χ1v) is 9.46. The maximum Gasteiger partial charge on any atom is 0.339 e. The minimum absolute atomic E-state index is 0.0440. The molecule has 0 saturated heterocycles. The van der Waals surface area contributed by atoms with Gasteiger partial charge in [0.1, 0.15) is 4.90 Å². The molecule has 1 N–H and O–H groups in total. The summed E-state index contributed by atoms with van der Waals surface area (Å²) >= 11 is 0. The third kappa shape index (κ3) is 4.14. The SMILES string of the molecule is COC(=O)c1ccccc1S(=O)(=O)Nc1ccccc1Cc1nc(C)no1. The second-order valence-corrected chi connectivity index (χ2v) is 7.31. The van der Waals surface area contributed by atoms with E-state index in [0.717, 1.165) is 0 Å². The molecule has 9 heteroatoms. The second kappa shape index (κ2) is 7.58. The van der Waals surface area contributed by atoms with Crippen molar-refractivity contribution in [3.8, 4) is 0 Å². The van der Waals surface area contributed by atoms with E-state index in [0.29, 0.717) is 23.0 Å². The molecule has 27 heavy (non-hydrogen) atoms. The fraction of sp³-hybridized carbons (Fsp3) is 0.167. The Bertz CT molecular complexity index is 1080. The quantitative estimate of drug-likeness (QED) is 0.647. The highest BCUT2D eigenvalue weighted by molar-refractivity contribution is 7.92. The van der Waals surface area contributed by atoms with E-state index >= 15 is 0 Å². The van der Waals surface area contributed by atoms with E-state index in [2.05, 4.69) is 19.6 Å². The number of sulfonamides is 1. The number of hydrogen-bond donors (Lipinski definition) is 1. The van der Waals surface area contributed by atoms with Gasteiger partial charge in [0.05, 0.1) is 24.8 Å². The minimum atomic E-state index is -4.03. The van der Waals surface area contributed by atoms with Crippen LogP contribution in [0.1, 0.15) is 27.6 Å². The Kier molecular flexibility index (Phi) is 5.22. The Hall–Kier alpha value is -3.20. The van der Waals surface area contributed by atoms with E-state index in [9.17, 15) is 13.2 Å². The van der Waals surface area contributed by atoms with Gasteiger partial charge in [0.15, 0.2) is 5.82 Å². The summed E-state index contributed by atoms with van der Waals surface area (Å²) in [6.45, 7) is 1.70. The molecular formula is C18H17N3O5S. The molecule has 140 valence electrons. The Morgan fingerprint density at radius 1 is 1.15 bits per heavy atom. The summed E-state index contributed by atoms with van der Waals surface area (Å²) in [5.41, 5.74) is 0.964. The molecule has 0 amide bonds. The first-order valence-electron chi connectivity index (χ1n) is 7.98. The van der Waals surface area contributed by atoms with Gasteiger partial charge >= 0.3 is 5.97 Å². The standard InChI is InChI=1S/C18H17N3O5S/c1-12-19-17(26-20-12)11-13-7-3-5-9-15(13)21-27(23,24)16-10-6-4-8-14(16)18(22)25-2/h3-10,21H,11H2,1-2H3. The molecule has 1 heterocycles. The topological polar surface area (TPSA) is 111 Å². The van der Waals surface area contributed by atoms with Gasteiger partial charge in [-0.1, -0.05) is 35.5 Å². The fourth-order valence-corrected chi connectivity index (χ4v) is 3.83. The van der Waals surface area contributed by atoms with Gasteiger partial charge in [0, 0.05) is 0 Å². The summed E-state index contributed by atoms with van der Waals surface area (Å²) in [5.74, 6) is 0.134. The van der Waals surface area contributed by atoms with Crippen LogP contribution in [-0.2, 0) is 21.2 Å². The molecule has 1 aromatic heterocycles. The molecular weight excluding hydrogens is 370 g/mol. The molecule has 0 aliphatic heterocycles. The number of anilines is 1. The number of aryl methyl sites for hydroxylation is 1. The highest BCUT2D eigenvalue weighted by Crippen LogP contribution is 2.24. The van der Waals surface area contributed by atoms with Crippen LogP contribution in [0.3, 0.4) is 0 Å². The molecule has 0 atom stereocenters. The van der Waals surface area contributed by atoms with Crippen LogP contribution in [-0.4, -0.2) is 31.6 Å². The molecule has 2 aromatic carbocycles. The molecule has 0 unspecified atom stereocenters. The molecule has 0 spiro atoms. The van der Waals surface area contributed by atoms with E-state index < -0.39 is 16.0 Å². The lowest BCUT2D eigenvalue weighted by atomic mass is 10.1. The van der Waals surface area contributed by atoms with E-state index in [4.69, 9.17) is 4.52 Å². The molecule has 3 rings (SSSR count). The Morgan fingerprint density at radius 2 is 1.85 bits per heavy atom. The second-order valence-electron chi connectivity index (χ2n) is 5.66. The summed E-state index contributed by atoms with van der Waals surface area (Å²) in [6, 6.07) is 12.7. The smallest absolute Gasteiger partial charge is 0.339 e. The largest absolute Gasteiger partial charge is 0.465 e. The predicted octanol–water partition coefficient (Wildman–Crippen LogP) is 2.56. The zero-order valence-corrected chi connectivity index (χ0v) is 15.5. The van der Waals surface area contributed by atoms with Gasteiger partial charge in [-0.05, 0) is 30.7 Å². The van der Waals surface area contributed by atoms with Crippen molar-refractivity contribution >= 4 is 21.7 Å². The average Bonchev–Trinajstić information content (AvgIpc) is 3.07. The van der Waals surface area contributed by atoms with Gasteiger partial charge in [-0.25, -0.2) is 13.2 Å². The number of benzene rings is 2. The Morgan fingerprint density at radius 3 is 2.56 bits per heavy atom. The number of para-hydroxylation sites is 1. The van der Waals surface area contributed by atoms with Crippen molar-refractivity contribution in [3.63, 3.8) is 0 Å². The van der Waals surface area contributed by atoms with Gasteiger partial charge in [0.25, 0.3) is 10.0 Å². The van der Waals surface area contributed by atoms with Crippen LogP contribution >= 0.6 is 0 Å². The van der Waals surface area contributed by atoms with Crippen LogP contribution in [0.5, 0.6) is 0 Å². The number of carbonyl (C=O) groups is 1. The monoisotopic (exact) mass is 387 g/mol. The van der Waals surface area contributed by atoms with Crippen LogP contribution < -0.4 is 4.72 Å². The number of rotatable bonds is 6. The minimum Gasteiger partial charge on any atom is -0.465 e. The van der Waals surface area contributed by atoms with E-state index in [1.54, 1.807) is 37.3 Å². The number of ether oxygens (including phenoxy) is 1. The number of nitrogens with one attached hydrogen (secondary N) is 1. The molecule has 0 aliphatic rings. The van der Waals surface area contributed by atoms with Crippen LogP contribution in [0.4, 0.5) is 5.69 Å². The van der Waals surface area contributed by atoms with Crippen LogP contribution in [0.25, 0.3) is 0 Å². The number of carbonyl (C=O) groups excluding carboxylic acids is 1. The van der Waals surface area contributed by atoms with Crippen molar-refractivity contribution < 1.29 is 22.5 Å². The lowest BCUT2D eigenvalue weighted by Crippen LogP contribution is -2.18. The molecule has 0 bridgehead atoms. The molecule has 0 aliphatic carbocycles. The molecule has 3 aromatic rings. The first-order chi connectivity index (χ1) is 12.9. The lowest BCUT2D eigenvalue weighted by molar-refractivity contribution is 0.0596. The summed E-state index contributed by atoms with van der Waals surface area (Å²) in [4.78, 5) is 15.9. The normalized spacial score (nSPS) is 11.2. The van der Waals surface area contributed by atoms with Crippen LogP contribution in [0.2, 0.25) is 0 Å². The van der Waals surface area contributed by atoms with E-state index in [1.807, 2.05) is 0 Å². The number of hydrogen-bond acceptors (Lipinski definition) is 7. The highest BCUT2D eigenvalue weighted by atomic mass is 32.2. The predicted molar refractivity (Wildman–Crippen MR) is 96.9 cm³/mol. The third-order valence-electron chi connectivity index (χ3n) is 3.75. The summed E-state index contributed by atoms with van der Waals surface area (Å²) in [6.07, 6.45) is 0.262. The number of aromatic nitrogens is 2. The van der Waals surface area contributed by atoms with Crippen molar-refractivity contribution in [1.82, 2.24) is 10.1 Å². The molecule has 8 nitrogen and oxygen atoms in total. The van der Waals surface area contributed by atoms with E-state index in [1.165, 1.54) is 25.3 Å². The lowest BCUT2D eigenvalue weighted by Gasteiger charge is -2.13. The zero-order valence-electron chi connectivity index (χ0n) is 14.7. The van der Waals surface area contributed by atoms with Crippen molar-refractivity contribution in [2.45, 2.75) is 18.2 Å². The van der Waals surface area contributed by atoms with Gasteiger partial charge in [-0.15, -0.1) is 0 Å². The van der Waals surface area contributed by atoms with Crippen molar-refractivity contribution in [1.29, 1.82) is 0 Å². The average molecular weight is 387 g/mol.